The Labute approximate surface area is 148 Å². The first kappa shape index (κ1) is 18.6. The highest BCUT2D eigenvalue weighted by Crippen LogP contribution is 2.17. The van der Waals surface area contributed by atoms with Crippen molar-refractivity contribution in [3.8, 4) is 0 Å². The average molecular weight is 340 g/mol. The molecule has 0 aromatic heterocycles. The largest absolute Gasteiger partial charge is 0.356 e. The number of aryl methyl sites for hydroxylation is 1. The van der Waals surface area contributed by atoms with E-state index in [2.05, 4.69) is 10.6 Å². The standard InChI is InChI=1S/C20H24N2O3/c1-14-3-6-16(7-4-14)8-10-19(24)22-18(9-5-15(2)23)13-17-11-12-21-20(17)25/h3-10,17-18H,11-13H2,1-2H3,(H,21,25)(H,22,24)/b9-5+,10-8+/t17-,18+/m0/s1. The second-order valence-electron chi connectivity index (χ2n) is 6.34. The molecule has 0 saturated carbocycles. The fourth-order valence-corrected chi connectivity index (χ4v) is 2.69. The third-order valence-corrected chi connectivity index (χ3v) is 4.10. The average Bonchev–Trinajstić information content (AvgIpc) is 2.97. The van der Waals surface area contributed by atoms with Crippen molar-refractivity contribution in [3.63, 3.8) is 0 Å². The van der Waals surface area contributed by atoms with Gasteiger partial charge < -0.3 is 10.6 Å². The zero-order valence-corrected chi connectivity index (χ0v) is 14.6. The van der Waals surface area contributed by atoms with E-state index in [0.717, 1.165) is 17.5 Å². The molecule has 1 aliphatic rings. The number of carbonyl (C=O) groups excluding carboxylic acids is 3. The molecule has 2 N–H and O–H groups in total. The molecule has 1 heterocycles. The van der Waals surface area contributed by atoms with Crippen LogP contribution >= 0.6 is 0 Å². The lowest BCUT2D eigenvalue weighted by Crippen LogP contribution is -2.35. The Kier molecular flexibility index (Phi) is 6.69. The predicted octanol–water partition coefficient (Wildman–Crippen LogP) is 2.16. The van der Waals surface area contributed by atoms with Crippen molar-refractivity contribution < 1.29 is 14.4 Å². The minimum atomic E-state index is -0.354. The van der Waals surface area contributed by atoms with E-state index in [-0.39, 0.29) is 29.6 Å². The maximum Gasteiger partial charge on any atom is 0.244 e. The van der Waals surface area contributed by atoms with Gasteiger partial charge >= 0.3 is 0 Å². The van der Waals surface area contributed by atoms with E-state index in [1.165, 1.54) is 19.1 Å². The van der Waals surface area contributed by atoms with Gasteiger partial charge in [0.15, 0.2) is 5.78 Å². The summed E-state index contributed by atoms with van der Waals surface area (Å²) in [5, 5.41) is 5.64. The van der Waals surface area contributed by atoms with Crippen molar-refractivity contribution >= 4 is 23.7 Å². The molecule has 25 heavy (non-hydrogen) atoms. The molecule has 5 nitrogen and oxygen atoms in total. The van der Waals surface area contributed by atoms with Crippen molar-refractivity contribution in [2.45, 2.75) is 32.7 Å². The Hall–Kier alpha value is -2.69. The van der Waals surface area contributed by atoms with Crippen LogP contribution in [-0.2, 0) is 14.4 Å². The summed E-state index contributed by atoms with van der Waals surface area (Å²) < 4.78 is 0. The molecule has 1 saturated heterocycles. The molecule has 0 radical (unpaired) electrons. The Balaban J connectivity index is 1.98. The van der Waals surface area contributed by atoms with Crippen LogP contribution in [0.2, 0.25) is 0 Å². The number of nitrogens with one attached hydrogen (secondary N) is 2. The highest BCUT2D eigenvalue weighted by molar-refractivity contribution is 5.92. The number of hydrogen-bond donors (Lipinski definition) is 2. The van der Waals surface area contributed by atoms with Crippen molar-refractivity contribution in [1.29, 1.82) is 0 Å². The van der Waals surface area contributed by atoms with Gasteiger partial charge in [0.25, 0.3) is 0 Å². The number of benzene rings is 1. The summed E-state index contributed by atoms with van der Waals surface area (Å²) >= 11 is 0. The summed E-state index contributed by atoms with van der Waals surface area (Å²) in [5.74, 6) is -0.476. The van der Waals surface area contributed by atoms with E-state index in [9.17, 15) is 14.4 Å². The lowest BCUT2D eigenvalue weighted by atomic mass is 9.97. The molecular weight excluding hydrogens is 316 g/mol. The van der Waals surface area contributed by atoms with Crippen LogP contribution in [0.15, 0.2) is 42.5 Å². The van der Waals surface area contributed by atoms with E-state index >= 15 is 0 Å². The van der Waals surface area contributed by atoms with Crippen LogP contribution in [0.3, 0.4) is 0 Å². The topological polar surface area (TPSA) is 75.3 Å². The second-order valence-corrected chi connectivity index (χ2v) is 6.34. The van der Waals surface area contributed by atoms with Crippen LogP contribution < -0.4 is 10.6 Å². The molecule has 0 bridgehead atoms. The van der Waals surface area contributed by atoms with Gasteiger partial charge in [0, 0.05) is 24.6 Å². The van der Waals surface area contributed by atoms with Crippen LogP contribution in [0.5, 0.6) is 0 Å². The minimum absolute atomic E-state index is 0.00525. The molecule has 1 aromatic rings. The highest BCUT2D eigenvalue weighted by atomic mass is 16.2. The summed E-state index contributed by atoms with van der Waals surface area (Å²) in [5.41, 5.74) is 2.10. The first-order valence-electron chi connectivity index (χ1n) is 8.46. The lowest BCUT2D eigenvalue weighted by molar-refractivity contribution is -0.123. The molecule has 2 atom stereocenters. The summed E-state index contributed by atoms with van der Waals surface area (Å²) in [4.78, 5) is 35.1. The fraction of sp³-hybridized carbons (Fsp3) is 0.350. The van der Waals surface area contributed by atoms with Gasteiger partial charge in [-0.2, -0.15) is 0 Å². The number of rotatable bonds is 7. The van der Waals surface area contributed by atoms with Gasteiger partial charge in [0.05, 0.1) is 0 Å². The molecule has 132 valence electrons. The van der Waals surface area contributed by atoms with Crippen molar-refractivity contribution in [1.82, 2.24) is 10.6 Å². The number of allylic oxidation sites excluding steroid dienone is 1. The van der Waals surface area contributed by atoms with Crippen LogP contribution in [0.4, 0.5) is 0 Å². The molecule has 0 unspecified atom stereocenters. The zero-order chi connectivity index (χ0) is 18.2. The molecule has 1 fully saturated rings. The van der Waals surface area contributed by atoms with E-state index < -0.39 is 0 Å². The van der Waals surface area contributed by atoms with E-state index in [1.54, 1.807) is 12.2 Å². The van der Waals surface area contributed by atoms with E-state index in [0.29, 0.717) is 13.0 Å². The molecule has 0 aliphatic carbocycles. The van der Waals surface area contributed by atoms with Crippen LogP contribution in [0.25, 0.3) is 6.08 Å². The summed E-state index contributed by atoms with van der Waals surface area (Å²) in [6.07, 6.45) is 7.53. The van der Waals surface area contributed by atoms with Crippen molar-refractivity contribution in [2.24, 2.45) is 5.92 Å². The summed E-state index contributed by atoms with van der Waals surface area (Å²) in [6, 6.07) is 7.49. The Morgan fingerprint density at radius 1 is 1.28 bits per heavy atom. The Bertz CT molecular complexity index is 689. The Morgan fingerprint density at radius 2 is 2.00 bits per heavy atom. The van der Waals surface area contributed by atoms with Gasteiger partial charge in [0.2, 0.25) is 11.8 Å². The quantitative estimate of drug-likeness (QED) is 0.747. The maximum atomic E-state index is 12.2. The van der Waals surface area contributed by atoms with Gasteiger partial charge in [-0.3, -0.25) is 14.4 Å². The van der Waals surface area contributed by atoms with Crippen LogP contribution in [0.1, 0.15) is 30.9 Å². The fourth-order valence-electron chi connectivity index (χ4n) is 2.69. The SMILES string of the molecule is CC(=O)/C=C/[C@H](C[C@@H]1CCNC1=O)NC(=O)/C=C/c1ccc(C)cc1. The minimum Gasteiger partial charge on any atom is -0.356 e. The zero-order valence-electron chi connectivity index (χ0n) is 14.6. The van der Waals surface area contributed by atoms with E-state index in [1.807, 2.05) is 31.2 Å². The predicted molar refractivity (Wildman–Crippen MR) is 97.7 cm³/mol. The van der Waals surface area contributed by atoms with Crippen LogP contribution in [0, 0.1) is 12.8 Å². The first-order valence-corrected chi connectivity index (χ1v) is 8.46. The number of hydrogen-bond acceptors (Lipinski definition) is 3. The maximum absolute atomic E-state index is 12.2. The van der Waals surface area contributed by atoms with Crippen molar-refractivity contribution in [3.05, 3.63) is 53.6 Å². The molecular formula is C20H24N2O3. The number of carbonyl (C=O) groups is 3. The monoisotopic (exact) mass is 340 g/mol. The summed E-state index contributed by atoms with van der Waals surface area (Å²) in [6.45, 7) is 4.12. The van der Waals surface area contributed by atoms with Gasteiger partial charge in [0.1, 0.15) is 0 Å². The van der Waals surface area contributed by atoms with Crippen LogP contribution in [-0.4, -0.2) is 30.2 Å². The third kappa shape index (κ3) is 6.37. The van der Waals surface area contributed by atoms with Gasteiger partial charge in [-0.05, 0) is 44.4 Å². The third-order valence-electron chi connectivity index (χ3n) is 4.10. The molecule has 2 amide bonds. The summed E-state index contributed by atoms with van der Waals surface area (Å²) in [7, 11) is 0. The van der Waals surface area contributed by atoms with E-state index in [4.69, 9.17) is 0 Å². The number of ketones is 1. The van der Waals surface area contributed by atoms with Gasteiger partial charge in [-0.25, -0.2) is 0 Å². The molecule has 0 spiro atoms. The van der Waals surface area contributed by atoms with Gasteiger partial charge in [-0.15, -0.1) is 0 Å². The highest BCUT2D eigenvalue weighted by Gasteiger charge is 2.26. The molecule has 2 rings (SSSR count). The Morgan fingerprint density at radius 3 is 2.60 bits per heavy atom. The second kappa shape index (κ2) is 8.97. The smallest absolute Gasteiger partial charge is 0.244 e. The molecule has 5 heteroatoms. The van der Waals surface area contributed by atoms with Crippen molar-refractivity contribution in [2.75, 3.05) is 6.54 Å². The normalized spacial score (nSPS) is 18.5. The first-order chi connectivity index (χ1) is 11.9. The molecule has 1 aromatic carbocycles. The molecule has 1 aliphatic heterocycles. The lowest BCUT2D eigenvalue weighted by Gasteiger charge is -2.16. The van der Waals surface area contributed by atoms with Gasteiger partial charge in [-0.1, -0.05) is 35.9 Å². The number of amides is 2.